The van der Waals surface area contributed by atoms with E-state index in [1.807, 2.05) is 25.1 Å². The number of nitrogens with one attached hydrogen (secondary N) is 1. The summed E-state index contributed by atoms with van der Waals surface area (Å²) in [5, 5.41) is 5.17. The summed E-state index contributed by atoms with van der Waals surface area (Å²) >= 11 is 6.17. The first-order valence-corrected chi connectivity index (χ1v) is 6.43. The Morgan fingerprint density at radius 1 is 1.41 bits per heavy atom. The van der Waals surface area contributed by atoms with E-state index in [1.54, 1.807) is 0 Å². The maximum absolute atomic E-state index is 6.17. The molecule has 92 valence electrons. The number of hydrogen-bond donors (Lipinski definition) is 1. The Labute approximate surface area is 107 Å². The van der Waals surface area contributed by atoms with Crippen molar-refractivity contribution >= 4 is 22.6 Å². The number of aryl methyl sites for hydroxylation is 1. The van der Waals surface area contributed by atoms with E-state index in [0.29, 0.717) is 0 Å². The fourth-order valence-corrected chi connectivity index (χ4v) is 2.12. The fraction of sp³-hybridized carbons (Fsp3) is 0.429. The van der Waals surface area contributed by atoms with Crippen molar-refractivity contribution in [2.45, 2.75) is 33.2 Å². The standard InChI is InChI=1S/C14H18ClNO/c1-4-7-16-10(3)13-8-11-12(15)6-5-9(2)14(11)17-13/h5-6,8,10,16H,4,7H2,1-3H3. The molecular weight excluding hydrogens is 234 g/mol. The van der Waals surface area contributed by atoms with Crippen LogP contribution in [0.5, 0.6) is 0 Å². The minimum atomic E-state index is 0.220. The van der Waals surface area contributed by atoms with Gasteiger partial charge in [-0.05, 0) is 44.5 Å². The van der Waals surface area contributed by atoms with Crippen LogP contribution in [-0.2, 0) is 0 Å². The van der Waals surface area contributed by atoms with Crippen molar-refractivity contribution in [3.8, 4) is 0 Å². The number of benzene rings is 1. The zero-order chi connectivity index (χ0) is 12.4. The van der Waals surface area contributed by atoms with E-state index in [0.717, 1.165) is 40.3 Å². The van der Waals surface area contributed by atoms with Crippen LogP contribution in [-0.4, -0.2) is 6.54 Å². The molecule has 0 aliphatic heterocycles. The zero-order valence-corrected chi connectivity index (χ0v) is 11.3. The third kappa shape index (κ3) is 2.48. The van der Waals surface area contributed by atoms with Gasteiger partial charge in [0.15, 0.2) is 0 Å². The molecule has 0 amide bonds. The topological polar surface area (TPSA) is 25.2 Å². The lowest BCUT2D eigenvalue weighted by molar-refractivity contribution is 0.451. The molecule has 1 aromatic carbocycles. The van der Waals surface area contributed by atoms with Crippen molar-refractivity contribution in [2.75, 3.05) is 6.54 Å². The molecule has 0 bridgehead atoms. The Kier molecular flexibility index (Phi) is 3.75. The molecule has 0 saturated heterocycles. The fourth-order valence-electron chi connectivity index (χ4n) is 1.92. The average molecular weight is 252 g/mol. The highest BCUT2D eigenvalue weighted by molar-refractivity contribution is 6.35. The average Bonchev–Trinajstić information content (AvgIpc) is 2.77. The second-order valence-corrected chi connectivity index (χ2v) is 4.84. The van der Waals surface area contributed by atoms with Crippen molar-refractivity contribution in [2.24, 2.45) is 0 Å². The third-order valence-corrected chi connectivity index (χ3v) is 3.30. The zero-order valence-electron chi connectivity index (χ0n) is 10.5. The minimum Gasteiger partial charge on any atom is -0.459 e. The molecule has 3 heteroatoms. The number of fused-ring (bicyclic) bond motifs is 1. The summed E-state index contributed by atoms with van der Waals surface area (Å²) in [6.45, 7) is 7.29. The highest BCUT2D eigenvalue weighted by atomic mass is 35.5. The maximum atomic E-state index is 6.17. The van der Waals surface area contributed by atoms with E-state index in [2.05, 4.69) is 19.2 Å². The second kappa shape index (κ2) is 5.11. The lowest BCUT2D eigenvalue weighted by atomic mass is 10.1. The smallest absolute Gasteiger partial charge is 0.138 e. The SMILES string of the molecule is CCCNC(C)c1cc2c(Cl)ccc(C)c2o1. The van der Waals surface area contributed by atoms with Gasteiger partial charge >= 0.3 is 0 Å². The van der Waals surface area contributed by atoms with E-state index >= 15 is 0 Å². The van der Waals surface area contributed by atoms with E-state index in [9.17, 15) is 0 Å². The van der Waals surface area contributed by atoms with Gasteiger partial charge in [0, 0.05) is 5.39 Å². The molecule has 1 unspecified atom stereocenters. The summed E-state index contributed by atoms with van der Waals surface area (Å²) in [7, 11) is 0. The van der Waals surface area contributed by atoms with Crippen LogP contribution in [0.25, 0.3) is 11.0 Å². The van der Waals surface area contributed by atoms with Crippen LogP contribution < -0.4 is 5.32 Å². The molecule has 0 spiro atoms. The summed E-state index contributed by atoms with van der Waals surface area (Å²) in [4.78, 5) is 0. The molecule has 2 aromatic rings. The largest absolute Gasteiger partial charge is 0.459 e. The van der Waals surface area contributed by atoms with Crippen LogP contribution in [0.1, 0.15) is 37.6 Å². The molecule has 1 N–H and O–H groups in total. The molecule has 2 rings (SSSR count). The van der Waals surface area contributed by atoms with Gasteiger partial charge in [0.05, 0.1) is 11.1 Å². The van der Waals surface area contributed by atoms with Crippen LogP contribution in [0.3, 0.4) is 0 Å². The Hall–Kier alpha value is -0.990. The number of furan rings is 1. The Bertz CT molecular complexity index is 479. The highest BCUT2D eigenvalue weighted by Gasteiger charge is 2.13. The van der Waals surface area contributed by atoms with Gasteiger partial charge < -0.3 is 9.73 Å². The summed E-state index contributed by atoms with van der Waals surface area (Å²) in [5.41, 5.74) is 2.02. The van der Waals surface area contributed by atoms with Crippen molar-refractivity contribution in [1.82, 2.24) is 5.32 Å². The second-order valence-electron chi connectivity index (χ2n) is 4.43. The van der Waals surface area contributed by atoms with Gasteiger partial charge in [0.25, 0.3) is 0 Å². The summed E-state index contributed by atoms with van der Waals surface area (Å²) in [5.74, 6) is 0.949. The van der Waals surface area contributed by atoms with Crippen molar-refractivity contribution < 1.29 is 4.42 Å². The molecule has 0 aliphatic rings. The van der Waals surface area contributed by atoms with E-state index in [1.165, 1.54) is 0 Å². The quantitative estimate of drug-likeness (QED) is 0.868. The monoisotopic (exact) mass is 251 g/mol. The van der Waals surface area contributed by atoms with Crippen LogP contribution in [0.2, 0.25) is 5.02 Å². The maximum Gasteiger partial charge on any atom is 0.138 e. The van der Waals surface area contributed by atoms with Crippen LogP contribution >= 0.6 is 11.6 Å². The molecule has 0 saturated carbocycles. The van der Waals surface area contributed by atoms with E-state index in [4.69, 9.17) is 16.0 Å². The summed E-state index contributed by atoms with van der Waals surface area (Å²) in [6.07, 6.45) is 1.12. The van der Waals surface area contributed by atoms with Gasteiger partial charge in [-0.25, -0.2) is 0 Å². The molecule has 0 aliphatic carbocycles. The predicted octanol–water partition coefficient (Wildman–Crippen LogP) is 4.46. The third-order valence-electron chi connectivity index (χ3n) is 2.97. The van der Waals surface area contributed by atoms with E-state index in [-0.39, 0.29) is 6.04 Å². The predicted molar refractivity (Wildman–Crippen MR) is 72.7 cm³/mol. The summed E-state index contributed by atoms with van der Waals surface area (Å²) in [6, 6.07) is 6.17. The van der Waals surface area contributed by atoms with Crippen LogP contribution in [0.4, 0.5) is 0 Å². The van der Waals surface area contributed by atoms with Gasteiger partial charge in [-0.2, -0.15) is 0 Å². The minimum absolute atomic E-state index is 0.220. The normalized spacial score (nSPS) is 13.2. The molecule has 1 atom stereocenters. The van der Waals surface area contributed by atoms with Gasteiger partial charge in [0.1, 0.15) is 11.3 Å². The molecular formula is C14H18ClNO. The number of hydrogen-bond acceptors (Lipinski definition) is 2. The number of rotatable bonds is 4. The lowest BCUT2D eigenvalue weighted by Gasteiger charge is -2.09. The van der Waals surface area contributed by atoms with Gasteiger partial charge in [-0.15, -0.1) is 0 Å². The summed E-state index contributed by atoms with van der Waals surface area (Å²) < 4.78 is 5.89. The van der Waals surface area contributed by atoms with Crippen LogP contribution in [0.15, 0.2) is 22.6 Å². The molecule has 2 nitrogen and oxygen atoms in total. The Balaban J connectivity index is 2.37. The van der Waals surface area contributed by atoms with E-state index < -0.39 is 0 Å². The van der Waals surface area contributed by atoms with Crippen molar-refractivity contribution in [1.29, 1.82) is 0 Å². The Morgan fingerprint density at radius 3 is 2.82 bits per heavy atom. The van der Waals surface area contributed by atoms with Gasteiger partial charge in [0.2, 0.25) is 0 Å². The van der Waals surface area contributed by atoms with Crippen molar-refractivity contribution in [3.05, 3.63) is 34.5 Å². The molecule has 0 radical (unpaired) electrons. The van der Waals surface area contributed by atoms with Crippen molar-refractivity contribution in [3.63, 3.8) is 0 Å². The molecule has 0 fully saturated rings. The first kappa shape index (κ1) is 12.5. The molecule has 1 aromatic heterocycles. The molecule has 17 heavy (non-hydrogen) atoms. The highest BCUT2D eigenvalue weighted by Crippen LogP contribution is 2.31. The first-order valence-electron chi connectivity index (χ1n) is 6.05. The van der Waals surface area contributed by atoms with Gasteiger partial charge in [-0.1, -0.05) is 24.6 Å². The number of halogens is 1. The molecule has 1 heterocycles. The Morgan fingerprint density at radius 2 is 2.18 bits per heavy atom. The first-order chi connectivity index (χ1) is 8.13. The van der Waals surface area contributed by atoms with Crippen LogP contribution in [0, 0.1) is 6.92 Å². The lowest BCUT2D eigenvalue weighted by Crippen LogP contribution is -2.18. The van der Waals surface area contributed by atoms with Gasteiger partial charge in [-0.3, -0.25) is 0 Å².